The molecule has 0 rings (SSSR count). The highest BCUT2D eigenvalue weighted by atomic mass is 31.2. The standard InChI is InChI=1S/C85H166O17P2/c1-7-11-13-15-17-19-21-23-25-26-27-28-29-30-31-32-38-42-46-50-58-64-70-84(89)101-80(73-95-82(87)67-61-55-48-44-40-37-34-33-35-39-43-47-53-59-65-77(5)9-3)75-99-103(91,92)97-71-79(86)72-98-104(93,94)100-76-81(74-96-83(88)68-62-56-52-51-54-60-66-78(6)10-4)102-85(90)69-63-57-49-45-41-36-24-22-20-18-16-14-12-8-2/h77-81,86H,7-76H2,1-6H3,(H,91,92)(H,93,94)/t77?,78?,79-,80-,81-/m1/s1. The minimum absolute atomic E-state index is 0.107. The van der Waals surface area contributed by atoms with E-state index >= 15 is 0 Å². The highest BCUT2D eigenvalue weighted by Crippen LogP contribution is 2.45. The van der Waals surface area contributed by atoms with E-state index in [1.54, 1.807) is 0 Å². The van der Waals surface area contributed by atoms with Crippen molar-refractivity contribution in [2.45, 2.75) is 471 Å². The molecule has 0 saturated carbocycles. The Kier molecular flexibility index (Phi) is 75.0. The van der Waals surface area contributed by atoms with Crippen LogP contribution in [-0.4, -0.2) is 96.7 Å². The Labute approximate surface area is 638 Å². The quantitative estimate of drug-likeness (QED) is 0.0222. The second-order valence-corrected chi connectivity index (χ2v) is 34.0. The third kappa shape index (κ3) is 75.5. The summed E-state index contributed by atoms with van der Waals surface area (Å²) < 4.78 is 68.8. The number of phosphoric acid groups is 2. The van der Waals surface area contributed by atoms with Crippen LogP contribution in [0, 0.1) is 11.8 Å². The predicted octanol–water partition coefficient (Wildman–Crippen LogP) is 25.8. The van der Waals surface area contributed by atoms with E-state index in [0.717, 1.165) is 108 Å². The fourth-order valence-electron chi connectivity index (χ4n) is 13.2. The largest absolute Gasteiger partial charge is 0.472 e. The van der Waals surface area contributed by atoms with E-state index in [0.29, 0.717) is 25.7 Å². The van der Waals surface area contributed by atoms with Crippen molar-refractivity contribution in [2.24, 2.45) is 11.8 Å². The van der Waals surface area contributed by atoms with Crippen LogP contribution in [0.5, 0.6) is 0 Å². The van der Waals surface area contributed by atoms with Gasteiger partial charge in [-0.1, -0.05) is 401 Å². The van der Waals surface area contributed by atoms with Gasteiger partial charge in [0.25, 0.3) is 0 Å². The normalized spacial score (nSPS) is 14.4. The van der Waals surface area contributed by atoms with Gasteiger partial charge < -0.3 is 33.8 Å². The molecule has 0 saturated heterocycles. The third-order valence-electron chi connectivity index (χ3n) is 20.7. The molecule has 4 unspecified atom stereocenters. The van der Waals surface area contributed by atoms with E-state index < -0.39 is 97.5 Å². The van der Waals surface area contributed by atoms with Crippen LogP contribution in [0.4, 0.5) is 0 Å². The molecule has 0 fully saturated rings. The van der Waals surface area contributed by atoms with Crippen LogP contribution in [0.2, 0.25) is 0 Å². The molecule has 0 radical (unpaired) electrons. The van der Waals surface area contributed by atoms with Gasteiger partial charge in [-0.05, 0) is 37.5 Å². The summed E-state index contributed by atoms with van der Waals surface area (Å²) in [6.07, 6.45) is 68.1. The molecule has 7 atom stereocenters. The summed E-state index contributed by atoms with van der Waals surface area (Å²) in [7, 11) is -9.93. The number of phosphoric ester groups is 2. The first-order chi connectivity index (χ1) is 50.4. The molecule has 0 aromatic rings. The summed E-state index contributed by atoms with van der Waals surface area (Å²) in [6, 6.07) is 0. The summed E-state index contributed by atoms with van der Waals surface area (Å²) in [5.74, 6) is -0.524. The first-order valence-corrected chi connectivity index (χ1v) is 47.1. The number of aliphatic hydroxyl groups is 1. The molecular weight excluding hydrogens is 1350 g/mol. The van der Waals surface area contributed by atoms with E-state index in [1.165, 1.54) is 263 Å². The van der Waals surface area contributed by atoms with E-state index in [-0.39, 0.29) is 25.7 Å². The van der Waals surface area contributed by atoms with Gasteiger partial charge in [0.15, 0.2) is 12.2 Å². The van der Waals surface area contributed by atoms with E-state index in [9.17, 15) is 43.2 Å². The molecule has 618 valence electrons. The van der Waals surface area contributed by atoms with E-state index in [1.807, 2.05) is 0 Å². The monoisotopic (exact) mass is 1520 g/mol. The fraction of sp³-hybridized carbons (Fsp3) is 0.953. The summed E-state index contributed by atoms with van der Waals surface area (Å²) in [4.78, 5) is 73.2. The van der Waals surface area contributed by atoms with Crippen LogP contribution >= 0.6 is 15.6 Å². The van der Waals surface area contributed by atoms with E-state index in [4.69, 9.17) is 37.0 Å². The van der Waals surface area contributed by atoms with Crippen LogP contribution in [0.15, 0.2) is 0 Å². The first-order valence-electron chi connectivity index (χ1n) is 44.1. The van der Waals surface area contributed by atoms with Gasteiger partial charge in [-0.25, -0.2) is 9.13 Å². The predicted molar refractivity (Wildman–Crippen MR) is 428 cm³/mol. The van der Waals surface area contributed by atoms with Crippen molar-refractivity contribution in [2.75, 3.05) is 39.6 Å². The van der Waals surface area contributed by atoms with Gasteiger partial charge in [0.05, 0.1) is 26.4 Å². The van der Waals surface area contributed by atoms with Crippen molar-refractivity contribution in [3.05, 3.63) is 0 Å². The van der Waals surface area contributed by atoms with Gasteiger partial charge in [0, 0.05) is 25.7 Å². The van der Waals surface area contributed by atoms with Gasteiger partial charge in [0.1, 0.15) is 19.3 Å². The van der Waals surface area contributed by atoms with Crippen molar-refractivity contribution < 1.29 is 80.2 Å². The topological polar surface area (TPSA) is 237 Å². The minimum atomic E-state index is -4.97. The number of unbranched alkanes of at least 4 members (excludes halogenated alkanes) is 52. The maximum Gasteiger partial charge on any atom is 0.472 e. The number of rotatable bonds is 84. The second kappa shape index (κ2) is 76.4. The Bertz CT molecular complexity index is 2000. The van der Waals surface area contributed by atoms with E-state index in [2.05, 4.69) is 41.5 Å². The maximum absolute atomic E-state index is 13.1. The average Bonchev–Trinajstić information content (AvgIpc) is 0.911. The second-order valence-electron chi connectivity index (χ2n) is 31.1. The highest BCUT2D eigenvalue weighted by molar-refractivity contribution is 7.47. The van der Waals surface area contributed by atoms with Crippen molar-refractivity contribution >= 4 is 39.5 Å². The molecule has 0 aliphatic carbocycles. The van der Waals surface area contributed by atoms with Gasteiger partial charge in [-0.15, -0.1) is 0 Å². The van der Waals surface area contributed by atoms with Crippen LogP contribution < -0.4 is 0 Å². The molecule has 0 aliphatic heterocycles. The van der Waals surface area contributed by atoms with Crippen LogP contribution in [0.3, 0.4) is 0 Å². The summed E-state index contributed by atoms with van der Waals surface area (Å²) in [5.41, 5.74) is 0. The molecule has 0 aliphatic rings. The number of esters is 4. The summed E-state index contributed by atoms with van der Waals surface area (Å²) in [5, 5.41) is 10.7. The molecule has 0 spiro atoms. The summed E-state index contributed by atoms with van der Waals surface area (Å²) >= 11 is 0. The van der Waals surface area contributed by atoms with Gasteiger partial charge in [-0.2, -0.15) is 0 Å². The van der Waals surface area contributed by atoms with Gasteiger partial charge >= 0.3 is 39.5 Å². The number of carbonyl (C=O) groups is 4. The molecule has 0 heterocycles. The first kappa shape index (κ1) is 102. The molecule has 0 amide bonds. The Morgan fingerprint density at radius 3 is 0.683 bits per heavy atom. The lowest BCUT2D eigenvalue weighted by Crippen LogP contribution is -2.30. The molecule has 17 nitrogen and oxygen atoms in total. The lowest BCUT2D eigenvalue weighted by atomic mass is 9.99. The van der Waals surface area contributed by atoms with Crippen LogP contribution in [0.25, 0.3) is 0 Å². The van der Waals surface area contributed by atoms with Gasteiger partial charge in [0.2, 0.25) is 0 Å². The zero-order chi connectivity index (χ0) is 76.4. The fourth-order valence-corrected chi connectivity index (χ4v) is 14.8. The van der Waals surface area contributed by atoms with Crippen molar-refractivity contribution in [3.63, 3.8) is 0 Å². The lowest BCUT2D eigenvalue weighted by molar-refractivity contribution is -0.161. The third-order valence-corrected chi connectivity index (χ3v) is 22.6. The number of ether oxygens (including phenoxy) is 4. The zero-order valence-corrected chi connectivity index (χ0v) is 70.1. The van der Waals surface area contributed by atoms with Gasteiger partial charge in [-0.3, -0.25) is 37.3 Å². The average molecular weight is 1520 g/mol. The Morgan fingerprint density at radius 1 is 0.269 bits per heavy atom. The number of carbonyl (C=O) groups excluding carboxylic acids is 4. The van der Waals surface area contributed by atoms with Crippen LogP contribution in [-0.2, 0) is 65.4 Å². The SMILES string of the molecule is CCCCCCCCCCCCCCCCCCCCCCCCC(=O)O[C@H](COC(=O)CCCCCCCCCCCCCCCCC(C)CC)COP(=O)(O)OC[C@@H](O)COP(=O)(O)OC[C@@H](COC(=O)CCCCCCCCC(C)CC)OC(=O)CCCCCCCCCCCCCCCC. The molecular formula is C85H166O17P2. The summed E-state index contributed by atoms with van der Waals surface area (Å²) in [6.45, 7) is 9.68. The smallest absolute Gasteiger partial charge is 0.462 e. The molecule has 3 N–H and O–H groups in total. The zero-order valence-electron chi connectivity index (χ0n) is 68.3. The van der Waals surface area contributed by atoms with Crippen molar-refractivity contribution in [1.82, 2.24) is 0 Å². The Hall–Kier alpha value is -1.94. The molecule has 0 aromatic carbocycles. The molecule has 104 heavy (non-hydrogen) atoms. The highest BCUT2D eigenvalue weighted by Gasteiger charge is 2.30. The Morgan fingerprint density at radius 2 is 0.462 bits per heavy atom. The Balaban J connectivity index is 5.22. The molecule has 0 bridgehead atoms. The van der Waals surface area contributed by atoms with Crippen molar-refractivity contribution in [1.29, 1.82) is 0 Å². The lowest BCUT2D eigenvalue weighted by Gasteiger charge is -2.21. The van der Waals surface area contributed by atoms with Crippen molar-refractivity contribution in [3.8, 4) is 0 Å². The molecule has 19 heteroatoms. The van der Waals surface area contributed by atoms with Crippen LogP contribution in [0.1, 0.15) is 452 Å². The number of aliphatic hydroxyl groups excluding tert-OH is 1. The maximum atomic E-state index is 13.1. The molecule has 0 aromatic heterocycles. The number of hydrogen-bond acceptors (Lipinski definition) is 15. The minimum Gasteiger partial charge on any atom is -0.462 e. The number of hydrogen-bond donors (Lipinski definition) is 3.